The first kappa shape index (κ1) is 19.8. The number of hydrogen-bond acceptors (Lipinski definition) is 4. The molecule has 0 saturated carbocycles. The van der Waals surface area contributed by atoms with Crippen LogP contribution in [0.3, 0.4) is 0 Å². The second kappa shape index (κ2) is 8.15. The Bertz CT molecular complexity index is 1150. The number of amides is 2. The van der Waals surface area contributed by atoms with Crippen molar-refractivity contribution in [2.75, 3.05) is 39.4 Å². The SMILES string of the molecule is O=C(Cc1c[nH]c2ccccc12)N1CCN(C(=O)c2cc(Cl)c3c(c2)OCCO3)CC1. The van der Waals surface area contributed by atoms with Crippen molar-refractivity contribution in [3.8, 4) is 11.5 Å². The minimum Gasteiger partial charge on any atom is -0.486 e. The zero-order valence-electron chi connectivity index (χ0n) is 16.9. The van der Waals surface area contributed by atoms with E-state index in [1.807, 2.05) is 35.4 Å². The largest absolute Gasteiger partial charge is 0.486 e. The van der Waals surface area contributed by atoms with Crippen molar-refractivity contribution >= 4 is 34.3 Å². The van der Waals surface area contributed by atoms with Crippen molar-refractivity contribution < 1.29 is 19.1 Å². The van der Waals surface area contributed by atoms with Crippen molar-refractivity contribution in [1.29, 1.82) is 0 Å². The van der Waals surface area contributed by atoms with Gasteiger partial charge in [0, 0.05) is 48.8 Å². The average molecular weight is 440 g/mol. The Kier molecular flexibility index (Phi) is 5.19. The second-order valence-electron chi connectivity index (χ2n) is 7.69. The van der Waals surface area contributed by atoms with E-state index in [0.717, 1.165) is 16.5 Å². The molecule has 3 aromatic rings. The van der Waals surface area contributed by atoms with Gasteiger partial charge in [-0.25, -0.2) is 0 Å². The summed E-state index contributed by atoms with van der Waals surface area (Å²) in [5.41, 5.74) is 2.48. The van der Waals surface area contributed by atoms with Crippen LogP contribution in [0.4, 0.5) is 0 Å². The molecule has 7 nitrogen and oxygen atoms in total. The van der Waals surface area contributed by atoms with Crippen LogP contribution in [-0.4, -0.2) is 66.0 Å². The van der Waals surface area contributed by atoms with E-state index in [0.29, 0.717) is 67.9 Å². The van der Waals surface area contributed by atoms with Gasteiger partial charge in [-0.2, -0.15) is 0 Å². The lowest BCUT2D eigenvalue weighted by atomic mass is 10.1. The molecule has 0 aliphatic carbocycles. The number of aromatic amines is 1. The Morgan fingerprint density at radius 2 is 1.74 bits per heavy atom. The summed E-state index contributed by atoms with van der Waals surface area (Å²) < 4.78 is 11.1. The summed E-state index contributed by atoms with van der Waals surface area (Å²) in [4.78, 5) is 32.6. The molecule has 8 heteroatoms. The zero-order chi connectivity index (χ0) is 21.4. The smallest absolute Gasteiger partial charge is 0.254 e. The normalized spacial score (nSPS) is 15.9. The fourth-order valence-electron chi connectivity index (χ4n) is 4.13. The number of rotatable bonds is 3. The highest BCUT2D eigenvalue weighted by Gasteiger charge is 2.27. The minimum absolute atomic E-state index is 0.0687. The van der Waals surface area contributed by atoms with E-state index in [9.17, 15) is 9.59 Å². The van der Waals surface area contributed by atoms with Crippen LogP contribution in [0, 0.1) is 0 Å². The third-order valence-electron chi connectivity index (χ3n) is 5.78. The number of carbonyl (C=O) groups is 2. The first-order valence-corrected chi connectivity index (χ1v) is 10.7. The highest BCUT2D eigenvalue weighted by molar-refractivity contribution is 6.32. The maximum atomic E-state index is 13.0. The van der Waals surface area contributed by atoms with Crippen LogP contribution in [0.15, 0.2) is 42.6 Å². The third-order valence-corrected chi connectivity index (χ3v) is 6.06. The Labute approximate surface area is 184 Å². The van der Waals surface area contributed by atoms with Crippen LogP contribution >= 0.6 is 11.6 Å². The molecule has 3 heterocycles. The lowest BCUT2D eigenvalue weighted by Crippen LogP contribution is -2.51. The molecule has 1 saturated heterocycles. The molecule has 0 spiro atoms. The van der Waals surface area contributed by atoms with E-state index >= 15 is 0 Å². The first-order valence-electron chi connectivity index (χ1n) is 10.3. The molecule has 0 atom stereocenters. The number of halogens is 1. The highest BCUT2D eigenvalue weighted by Crippen LogP contribution is 2.38. The van der Waals surface area contributed by atoms with Gasteiger partial charge in [0.2, 0.25) is 5.91 Å². The number of para-hydroxylation sites is 1. The molecule has 0 unspecified atom stereocenters. The molecule has 0 bridgehead atoms. The van der Waals surface area contributed by atoms with E-state index < -0.39 is 0 Å². The molecule has 160 valence electrons. The summed E-state index contributed by atoms with van der Waals surface area (Å²) in [5, 5.41) is 1.44. The molecule has 1 fully saturated rings. The fourth-order valence-corrected chi connectivity index (χ4v) is 4.39. The quantitative estimate of drug-likeness (QED) is 0.680. The number of ether oxygens (including phenoxy) is 2. The predicted molar refractivity (Wildman–Crippen MR) is 117 cm³/mol. The van der Waals surface area contributed by atoms with Gasteiger partial charge >= 0.3 is 0 Å². The summed E-state index contributed by atoms with van der Waals surface area (Å²) in [5.74, 6) is 0.925. The molecule has 2 aliphatic rings. The molecular weight excluding hydrogens is 418 g/mol. The standard InChI is InChI=1S/C23H22ClN3O4/c24-18-11-15(12-20-22(18)31-10-9-30-20)23(29)27-7-5-26(6-8-27)21(28)13-16-14-25-19-4-2-1-3-17(16)19/h1-4,11-12,14,25H,5-10,13H2. The van der Waals surface area contributed by atoms with Crippen molar-refractivity contribution in [3.05, 3.63) is 58.7 Å². The topological polar surface area (TPSA) is 74.9 Å². The van der Waals surface area contributed by atoms with Gasteiger partial charge in [-0.3, -0.25) is 9.59 Å². The summed E-state index contributed by atoms with van der Waals surface area (Å²) in [6.07, 6.45) is 2.24. The maximum absolute atomic E-state index is 13.0. The summed E-state index contributed by atoms with van der Waals surface area (Å²) in [6.45, 7) is 2.83. The molecule has 2 aliphatic heterocycles. The number of aromatic nitrogens is 1. The van der Waals surface area contributed by atoms with Gasteiger partial charge < -0.3 is 24.3 Å². The van der Waals surface area contributed by atoms with Gasteiger partial charge in [-0.1, -0.05) is 29.8 Å². The summed E-state index contributed by atoms with van der Waals surface area (Å²) >= 11 is 6.27. The summed E-state index contributed by atoms with van der Waals surface area (Å²) in [7, 11) is 0. The summed E-state index contributed by atoms with van der Waals surface area (Å²) in [6, 6.07) is 11.2. The number of nitrogens with one attached hydrogen (secondary N) is 1. The van der Waals surface area contributed by atoms with E-state index in [4.69, 9.17) is 21.1 Å². The van der Waals surface area contributed by atoms with Crippen molar-refractivity contribution in [2.45, 2.75) is 6.42 Å². The van der Waals surface area contributed by atoms with Gasteiger partial charge in [0.25, 0.3) is 5.91 Å². The van der Waals surface area contributed by atoms with Crippen molar-refractivity contribution in [1.82, 2.24) is 14.8 Å². The van der Waals surface area contributed by atoms with Crippen LogP contribution in [0.2, 0.25) is 5.02 Å². The number of nitrogens with zero attached hydrogens (tertiary/aromatic N) is 2. The first-order chi connectivity index (χ1) is 15.1. The van der Waals surface area contributed by atoms with Gasteiger partial charge in [0.15, 0.2) is 11.5 Å². The molecule has 5 rings (SSSR count). The van der Waals surface area contributed by atoms with Gasteiger partial charge in [-0.15, -0.1) is 0 Å². The Balaban J connectivity index is 1.22. The fraction of sp³-hybridized carbons (Fsp3) is 0.304. The number of carbonyl (C=O) groups excluding carboxylic acids is 2. The van der Waals surface area contributed by atoms with Crippen LogP contribution in [0.5, 0.6) is 11.5 Å². The molecule has 2 amide bonds. The van der Waals surface area contributed by atoms with E-state index in [2.05, 4.69) is 4.98 Å². The van der Waals surface area contributed by atoms with Crippen LogP contribution in [-0.2, 0) is 11.2 Å². The molecular formula is C23H22ClN3O4. The van der Waals surface area contributed by atoms with E-state index in [1.165, 1.54) is 0 Å². The average Bonchev–Trinajstić information content (AvgIpc) is 3.21. The molecule has 2 aromatic carbocycles. The highest BCUT2D eigenvalue weighted by atomic mass is 35.5. The molecule has 1 N–H and O–H groups in total. The van der Waals surface area contributed by atoms with E-state index in [1.54, 1.807) is 17.0 Å². The maximum Gasteiger partial charge on any atom is 0.254 e. The van der Waals surface area contributed by atoms with Crippen LogP contribution in [0.1, 0.15) is 15.9 Å². The number of benzene rings is 2. The Morgan fingerprint density at radius 1 is 1.00 bits per heavy atom. The van der Waals surface area contributed by atoms with Crippen LogP contribution < -0.4 is 9.47 Å². The molecule has 31 heavy (non-hydrogen) atoms. The molecule has 0 radical (unpaired) electrons. The lowest BCUT2D eigenvalue weighted by molar-refractivity contribution is -0.131. The van der Waals surface area contributed by atoms with Crippen molar-refractivity contribution in [3.63, 3.8) is 0 Å². The molecule has 1 aromatic heterocycles. The van der Waals surface area contributed by atoms with Crippen LogP contribution in [0.25, 0.3) is 10.9 Å². The van der Waals surface area contributed by atoms with E-state index in [-0.39, 0.29) is 11.8 Å². The monoisotopic (exact) mass is 439 g/mol. The van der Waals surface area contributed by atoms with Gasteiger partial charge in [-0.05, 0) is 23.8 Å². The van der Waals surface area contributed by atoms with Gasteiger partial charge in [0.1, 0.15) is 13.2 Å². The second-order valence-corrected chi connectivity index (χ2v) is 8.10. The van der Waals surface area contributed by atoms with Crippen molar-refractivity contribution in [2.24, 2.45) is 0 Å². The van der Waals surface area contributed by atoms with Gasteiger partial charge in [0.05, 0.1) is 11.4 Å². The third kappa shape index (κ3) is 3.81. The lowest BCUT2D eigenvalue weighted by Gasteiger charge is -2.35. The number of fused-ring (bicyclic) bond motifs is 2. The number of H-pyrrole nitrogens is 1. The predicted octanol–water partition coefficient (Wildman–Crippen LogP) is 3.12. The minimum atomic E-state index is -0.123. The number of hydrogen-bond donors (Lipinski definition) is 1. The Hall–Kier alpha value is -3.19. The number of piperazine rings is 1. The Morgan fingerprint density at radius 3 is 2.58 bits per heavy atom. The zero-order valence-corrected chi connectivity index (χ0v) is 17.7.